The molecule has 106 valence electrons. The van der Waals surface area contributed by atoms with Crippen LogP contribution < -0.4 is 0 Å². The monoisotopic (exact) mass is 341 g/mol. The van der Waals surface area contributed by atoms with Crippen LogP contribution in [0.25, 0.3) is 5.57 Å². The molecular formula is C18H16BrNO. The van der Waals surface area contributed by atoms with Crippen molar-refractivity contribution >= 4 is 27.4 Å². The molecule has 3 rings (SSSR count). The van der Waals surface area contributed by atoms with Crippen molar-refractivity contribution < 1.29 is 4.79 Å². The van der Waals surface area contributed by atoms with E-state index >= 15 is 0 Å². The Labute approximate surface area is 133 Å². The lowest BCUT2D eigenvalue weighted by molar-refractivity contribution is 0.0773. The smallest absolute Gasteiger partial charge is 0.254 e. The lowest BCUT2D eigenvalue weighted by Gasteiger charge is -2.26. The number of halogens is 1. The first-order valence-electron chi connectivity index (χ1n) is 7.03. The van der Waals surface area contributed by atoms with Gasteiger partial charge in [0.2, 0.25) is 0 Å². The number of carbonyl (C=O) groups is 1. The van der Waals surface area contributed by atoms with Crippen molar-refractivity contribution in [2.45, 2.75) is 6.42 Å². The molecule has 0 aromatic heterocycles. The minimum absolute atomic E-state index is 0.103. The predicted octanol–water partition coefficient (Wildman–Crippen LogP) is 4.38. The molecule has 0 unspecified atom stereocenters. The van der Waals surface area contributed by atoms with Gasteiger partial charge in [0, 0.05) is 23.1 Å². The van der Waals surface area contributed by atoms with Crippen LogP contribution in [0.5, 0.6) is 0 Å². The predicted molar refractivity (Wildman–Crippen MR) is 89.1 cm³/mol. The van der Waals surface area contributed by atoms with Gasteiger partial charge in [-0.2, -0.15) is 0 Å². The van der Waals surface area contributed by atoms with Crippen molar-refractivity contribution in [1.29, 1.82) is 0 Å². The van der Waals surface area contributed by atoms with E-state index in [4.69, 9.17) is 0 Å². The van der Waals surface area contributed by atoms with Crippen LogP contribution in [-0.2, 0) is 0 Å². The molecular weight excluding hydrogens is 326 g/mol. The van der Waals surface area contributed by atoms with Gasteiger partial charge in [0.05, 0.1) is 0 Å². The second kappa shape index (κ2) is 6.27. The molecule has 0 fully saturated rings. The van der Waals surface area contributed by atoms with E-state index in [1.807, 2.05) is 35.2 Å². The summed E-state index contributed by atoms with van der Waals surface area (Å²) in [6, 6.07) is 17.9. The number of rotatable bonds is 2. The number of hydrogen-bond donors (Lipinski definition) is 0. The molecule has 2 aromatic rings. The standard InChI is InChI=1S/C18H16BrNO/c19-17-8-6-16(7-9-17)18(21)20-12-10-15(11-13-20)14-4-2-1-3-5-14/h1-10H,11-13H2. The SMILES string of the molecule is O=C(c1ccc(Br)cc1)N1CC=C(c2ccccc2)CC1. The summed E-state index contributed by atoms with van der Waals surface area (Å²) >= 11 is 3.39. The van der Waals surface area contributed by atoms with E-state index in [0.29, 0.717) is 6.54 Å². The van der Waals surface area contributed by atoms with Gasteiger partial charge in [-0.25, -0.2) is 0 Å². The molecule has 1 amide bonds. The fourth-order valence-electron chi connectivity index (χ4n) is 2.54. The number of hydrogen-bond acceptors (Lipinski definition) is 1. The summed E-state index contributed by atoms with van der Waals surface area (Å²) in [6.45, 7) is 1.45. The van der Waals surface area contributed by atoms with Gasteiger partial charge in [-0.15, -0.1) is 0 Å². The Bertz CT molecular complexity index is 661. The van der Waals surface area contributed by atoms with E-state index in [2.05, 4.69) is 46.3 Å². The van der Waals surface area contributed by atoms with Crippen LogP contribution in [0.15, 0.2) is 65.1 Å². The average molecular weight is 342 g/mol. The first-order valence-corrected chi connectivity index (χ1v) is 7.82. The van der Waals surface area contributed by atoms with Crippen LogP contribution in [0.2, 0.25) is 0 Å². The molecule has 0 bridgehead atoms. The molecule has 0 saturated heterocycles. The fraction of sp³-hybridized carbons (Fsp3) is 0.167. The Kier molecular flexibility index (Phi) is 4.20. The summed E-state index contributed by atoms with van der Waals surface area (Å²) in [5, 5.41) is 0. The molecule has 3 heteroatoms. The molecule has 2 nitrogen and oxygen atoms in total. The van der Waals surface area contributed by atoms with Crippen molar-refractivity contribution in [3.8, 4) is 0 Å². The van der Waals surface area contributed by atoms with E-state index in [1.165, 1.54) is 11.1 Å². The number of benzene rings is 2. The van der Waals surface area contributed by atoms with E-state index in [-0.39, 0.29) is 5.91 Å². The van der Waals surface area contributed by atoms with E-state index in [9.17, 15) is 4.79 Å². The first kappa shape index (κ1) is 14.1. The third-order valence-corrected chi connectivity index (χ3v) is 4.26. The van der Waals surface area contributed by atoms with Gasteiger partial charge in [0.25, 0.3) is 5.91 Å². The van der Waals surface area contributed by atoms with E-state index < -0.39 is 0 Å². The third-order valence-electron chi connectivity index (χ3n) is 3.73. The summed E-state index contributed by atoms with van der Waals surface area (Å²) < 4.78 is 0.990. The average Bonchev–Trinajstić information content (AvgIpc) is 2.56. The summed E-state index contributed by atoms with van der Waals surface area (Å²) in [5.74, 6) is 0.103. The summed E-state index contributed by atoms with van der Waals surface area (Å²) in [5.41, 5.74) is 3.33. The number of nitrogens with zero attached hydrogens (tertiary/aromatic N) is 1. The van der Waals surface area contributed by atoms with Crippen LogP contribution >= 0.6 is 15.9 Å². The zero-order valence-corrected chi connectivity index (χ0v) is 13.2. The molecule has 1 aliphatic heterocycles. The van der Waals surface area contributed by atoms with E-state index in [1.54, 1.807) is 0 Å². The molecule has 21 heavy (non-hydrogen) atoms. The van der Waals surface area contributed by atoms with Crippen molar-refractivity contribution in [2.24, 2.45) is 0 Å². The Balaban J connectivity index is 1.72. The Morgan fingerprint density at radius 2 is 1.71 bits per heavy atom. The zero-order chi connectivity index (χ0) is 14.7. The van der Waals surface area contributed by atoms with Gasteiger partial charge in [0.15, 0.2) is 0 Å². The maximum Gasteiger partial charge on any atom is 0.254 e. The molecule has 0 aliphatic carbocycles. The fourth-order valence-corrected chi connectivity index (χ4v) is 2.81. The van der Waals surface area contributed by atoms with Crippen LogP contribution in [0.1, 0.15) is 22.3 Å². The number of amides is 1. The van der Waals surface area contributed by atoms with Gasteiger partial charge >= 0.3 is 0 Å². The van der Waals surface area contributed by atoms with Gasteiger partial charge in [0.1, 0.15) is 0 Å². The third kappa shape index (κ3) is 3.24. The minimum Gasteiger partial charge on any atom is -0.335 e. The highest BCUT2D eigenvalue weighted by molar-refractivity contribution is 9.10. The molecule has 1 aliphatic rings. The van der Waals surface area contributed by atoms with Crippen molar-refractivity contribution in [2.75, 3.05) is 13.1 Å². The Morgan fingerprint density at radius 3 is 2.33 bits per heavy atom. The number of carbonyl (C=O) groups excluding carboxylic acids is 1. The lowest BCUT2D eigenvalue weighted by Crippen LogP contribution is -2.34. The zero-order valence-electron chi connectivity index (χ0n) is 11.6. The second-order valence-electron chi connectivity index (χ2n) is 5.10. The first-order chi connectivity index (χ1) is 10.2. The van der Waals surface area contributed by atoms with Crippen molar-refractivity contribution in [1.82, 2.24) is 4.90 Å². The minimum atomic E-state index is 0.103. The quantitative estimate of drug-likeness (QED) is 0.793. The van der Waals surface area contributed by atoms with Crippen molar-refractivity contribution in [3.05, 3.63) is 76.3 Å². The highest BCUT2D eigenvalue weighted by atomic mass is 79.9. The second-order valence-corrected chi connectivity index (χ2v) is 6.02. The van der Waals surface area contributed by atoms with Crippen LogP contribution in [-0.4, -0.2) is 23.9 Å². The highest BCUT2D eigenvalue weighted by Gasteiger charge is 2.19. The molecule has 1 heterocycles. The molecule has 0 atom stereocenters. The van der Waals surface area contributed by atoms with E-state index in [0.717, 1.165) is 23.0 Å². The highest BCUT2D eigenvalue weighted by Crippen LogP contribution is 2.23. The largest absolute Gasteiger partial charge is 0.335 e. The van der Waals surface area contributed by atoms with Crippen LogP contribution in [0.3, 0.4) is 0 Å². The molecule has 2 aromatic carbocycles. The summed E-state index contributed by atoms with van der Waals surface area (Å²) in [6.07, 6.45) is 3.07. The van der Waals surface area contributed by atoms with Crippen molar-refractivity contribution in [3.63, 3.8) is 0 Å². The van der Waals surface area contributed by atoms with Gasteiger partial charge in [-0.1, -0.05) is 52.3 Å². The molecule has 0 spiro atoms. The Morgan fingerprint density at radius 1 is 1.00 bits per heavy atom. The molecule has 0 N–H and O–H groups in total. The molecule has 0 saturated carbocycles. The van der Waals surface area contributed by atoms with Crippen LogP contribution in [0, 0.1) is 0 Å². The van der Waals surface area contributed by atoms with Gasteiger partial charge in [-0.05, 0) is 41.8 Å². The summed E-state index contributed by atoms with van der Waals surface area (Å²) in [4.78, 5) is 14.3. The topological polar surface area (TPSA) is 20.3 Å². The maximum absolute atomic E-state index is 12.4. The summed E-state index contributed by atoms with van der Waals surface area (Å²) in [7, 11) is 0. The van der Waals surface area contributed by atoms with Crippen LogP contribution in [0.4, 0.5) is 0 Å². The normalized spacial score (nSPS) is 14.7. The molecule has 0 radical (unpaired) electrons. The van der Waals surface area contributed by atoms with Gasteiger partial charge in [-0.3, -0.25) is 4.79 Å². The lowest BCUT2D eigenvalue weighted by atomic mass is 9.99. The van der Waals surface area contributed by atoms with Gasteiger partial charge < -0.3 is 4.90 Å². The Hall–Kier alpha value is -1.87. The maximum atomic E-state index is 12.4.